The number of fused-ring (bicyclic) bond motifs is 1. The van der Waals surface area contributed by atoms with Crippen LogP contribution in [0.15, 0.2) is 22.6 Å². The summed E-state index contributed by atoms with van der Waals surface area (Å²) in [7, 11) is 1.94. The standard InChI is InChI=1S/C16H19ClN2O2.ClH/c1-10-12-6-3-7-13(17)15(12)21-14(10)16(20)19-8-4-5-11(9-19)18-2;/h3,6-7,11,18H,4-5,8-9H2,1-2H3;1H. The van der Waals surface area contributed by atoms with E-state index in [0.29, 0.717) is 22.4 Å². The lowest BCUT2D eigenvalue weighted by atomic mass is 10.0. The van der Waals surface area contributed by atoms with Gasteiger partial charge in [0.2, 0.25) is 0 Å². The molecule has 1 amide bonds. The number of carbonyl (C=O) groups is 1. The molecule has 22 heavy (non-hydrogen) atoms. The zero-order valence-electron chi connectivity index (χ0n) is 12.7. The summed E-state index contributed by atoms with van der Waals surface area (Å²) in [5.41, 5.74) is 1.46. The van der Waals surface area contributed by atoms with Gasteiger partial charge in [-0.25, -0.2) is 0 Å². The summed E-state index contributed by atoms with van der Waals surface area (Å²) in [6, 6.07) is 5.94. The van der Waals surface area contributed by atoms with E-state index in [-0.39, 0.29) is 18.3 Å². The molecule has 2 heterocycles. The topological polar surface area (TPSA) is 45.5 Å². The summed E-state index contributed by atoms with van der Waals surface area (Å²) in [4.78, 5) is 14.6. The van der Waals surface area contributed by atoms with Crippen LogP contribution in [-0.4, -0.2) is 37.0 Å². The average molecular weight is 343 g/mol. The van der Waals surface area contributed by atoms with Gasteiger partial charge in [-0.05, 0) is 32.9 Å². The Bertz CT molecular complexity index is 684. The van der Waals surface area contributed by atoms with Gasteiger partial charge in [0.1, 0.15) is 0 Å². The van der Waals surface area contributed by atoms with E-state index in [1.54, 1.807) is 6.07 Å². The van der Waals surface area contributed by atoms with Crippen LogP contribution in [0.2, 0.25) is 5.02 Å². The number of likely N-dealkylation sites (tertiary alicyclic amines) is 1. The third-order valence-electron chi connectivity index (χ3n) is 4.23. The van der Waals surface area contributed by atoms with Gasteiger partial charge in [-0.2, -0.15) is 0 Å². The lowest BCUT2D eigenvalue weighted by molar-refractivity contribution is 0.0667. The molecular weight excluding hydrogens is 323 g/mol. The number of furan rings is 1. The molecule has 0 aliphatic carbocycles. The fourth-order valence-corrected chi connectivity index (χ4v) is 3.17. The summed E-state index contributed by atoms with van der Waals surface area (Å²) in [6.07, 6.45) is 2.11. The predicted molar refractivity (Wildman–Crippen MR) is 91.2 cm³/mol. The monoisotopic (exact) mass is 342 g/mol. The summed E-state index contributed by atoms with van der Waals surface area (Å²) in [5.74, 6) is 0.370. The van der Waals surface area contributed by atoms with Crippen LogP contribution in [0.4, 0.5) is 0 Å². The molecule has 3 rings (SSSR count). The van der Waals surface area contributed by atoms with Crippen molar-refractivity contribution in [3.63, 3.8) is 0 Å². The van der Waals surface area contributed by atoms with Gasteiger partial charge in [0.15, 0.2) is 11.3 Å². The number of halogens is 2. The van der Waals surface area contributed by atoms with Crippen molar-refractivity contribution in [2.24, 2.45) is 0 Å². The quantitative estimate of drug-likeness (QED) is 0.906. The first-order valence-corrected chi connectivity index (χ1v) is 7.63. The van der Waals surface area contributed by atoms with E-state index in [4.69, 9.17) is 16.0 Å². The molecule has 0 saturated carbocycles. The van der Waals surface area contributed by atoms with Crippen LogP contribution in [0, 0.1) is 6.92 Å². The Kier molecular flexibility index (Phi) is 5.37. The fraction of sp³-hybridized carbons (Fsp3) is 0.438. The van der Waals surface area contributed by atoms with Crippen molar-refractivity contribution >= 4 is 40.9 Å². The maximum Gasteiger partial charge on any atom is 0.289 e. The van der Waals surface area contributed by atoms with Gasteiger partial charge in [-0.15, -0.1) is 12.4 Å². The van der Waals surface area contributed by atoms with Crippen LogP contribution in [0.5, 0.6) is 0 Å². The molecule has 0 radical (unpaired) electrons. The second-order valence-electron chi connectivity index (χ2n) is 5.55. The van der Waals surface area contributed by atoms with Gasteiger partial charge in [-0.3, -0.25) is 4.79 Å². The Labute approximate surface area is 141 Å². The average Bonchev–Trinajstić information content (AvgIpc) is 2.85. The highest BCUT2D eigenvalue weighted by Gasteiger charge is 2.27. The summed E-state index contributed by atoms with van der Waals surface area (Å²) < 4.78 is 5.77. The van der Waals surface area contributed by atoms with Crippen molar-refractivity contribution in [2.45, 2.75) is 25.8 Å². The van der Waals surface area contributed by atoms with Crippen molar-refractivity contribution in [2.75, 3.05) is 20.1 Å². The van der Waals surface area contributed by atoms with Gasteiger partial charge in [0.05, 0.1) is 5.02 Å². The van der Waals surface area contributed by atoms with E-state index in [1.807, 2.05) is 31.0 Å². The Morgan fingerprint density at radius 2 is 2.23 bits per heavy atom. The number of benzene rings is 1. The van der Waals surface area contributed by atoms with E-state index < -0.39 is 0 Å². The number of para-hydroxylation sites is 1. The first-order chi connectivity index (χ1) is 10.1. The lowest BCUT2D eigenvalue weighted by Gasteiger charge is -2.32. The van der Waals surface area contributed by atoms with Crippen molar-refractivity contribution in [1.29, 1.82) is 0 Å². The van der Waals surface area contributed by atoms with Crippen LogP contribution in [0.1, 0.15) is 29.0 Å². The Balaban J connectivity index is 0.00000176. The van der Waals surface area contributed by atoms with Crippen LogP contribution in [0.25, 0.3) is 11.0 Å². The van der Waals surface area contributed by atoms with Gasteiger partial charge in [0, 0.05) is 30.1 Å². The van der Waals surface area contributed by atoms with E-state index in [0.717, 1.165) is 36.9 Å². The third-order valence-corrected chi connectivity index (χ3v) is 4.52. The molecule has 1 fully saturated rings. The number of carbonyl (C=O) groups excluding carboxylic acids is 1. The first-order valence-electron chi connectivity index (χ1n) is 7.26. The van der Waals surface area contributed by atoms with Crippen LogP contribution in [-0.2, 0) is 0 Å². The van der Waals surface area contributed by atoms with Gasteiger partial charge >= 0.3 is 0 Å². The normalized spacial score (nSPS) is 18.3. The Morgan fingerprint density at radius 3 is 2.91 bits per heavy atom. The zero-order valence-corrected chi connectivity index (χ0v) is 14.3. The highest BCUT2D eigenvalue weighted by molar-refractivity contribution is 6.35. The summed E-state index contributed by atoms with van der Waals surface area (Å²) in [6.45, 7) is 3.41. The fourth-order valence-electron chi connectivity index (χ4n) is 2.95. The molecular formula is C16H20Cl2N2O2. The highest BCUT2D eigenvalue weighted by atomic mass is 35.5. The molecule has 1 aromatic heterocycles. The number of nitrogens with one attached hydrogen (secondary N) is 1. The Morgan fingerprint density at radius 1 is 1.45 bits per heavy atom. The van der Waals surface area contributed by atoms with Crippen molar-refractivity contribution in [1.82, 2.24) is 10.2 Å². The maximum atomic E-state index is 12.7. The maximum absolute atomic E-state index is 12.7. The van der Waals surface area contributed by atoms with Crippen molar-refractivity contribution in [3.8, 4) is 0 Å². The van der Waals surface area contributed by atoms with Crippen LogP contribution < -0.4 is 5.32 Å². The molecule has 1 N–H and O–H groups in total. The second-order valence-corrected chi connectivity index (χ2v) is 5.96. The minimum atomic E-state index is -0.0419. The summed E-state index contributed by atoms with van der Waals surface area (Å²) in [5, 5.41) is 4.70. The highest BCUT2D eigenvalue weighted by Crippen LogP contribution is 2.31. The molecule has 1 unspecified atom stereocenters. The van der Waals surface area contributed by atoms with E-state index in [9.17, 15) is 4.79 Å². The molecule has 6 heteroatoms. The number of hydrogen-bond acceptors (Lipinski definition) is 3. The van der Waals surface area contributed by atoms with E-state index in [1.165, 1.54) is 0 Å². The van der Waals surface area contributed by atoms with Gasteiger partial charge < -0.3 is 14.6 Å². The number of hydrogen-bond donors (Lipinski definition) is 1. The number of rotatable bonds is 2. The smallest absolute Gasteiger partial charge is 0.289 e. The van der Waals surface area contributed by atoms with Crippen molar-refractivity contribution in [3.05, 3.63) is 34.5 Å². The number of amides is 1. The van der Waals surface area contributed by atoms with Crippen LogP contribution >= 0.6 is 24.0 Å². The molecule has 0 spiro atoms. The molecule has 1 aliphatic rings. The lowest BCUT2D eigenvalue weighted by Crippen LogP contribution is -2.47. The number of piperidine rings is 1. The van der Waals surface area contributed by atoms with Crippen LogP contribution in [0.3, 0.4) is 0 Å². The molecule has 120 valence electrons. The number of aryl methyl sites for hydroxylation is 1. The largest absolute Gasteiger partial charge is 0.449 e. The van der Waals surface area contributed by atoms with Gasteiger partial charge in [0.25, 0.3) is 5.91 Å². The zero-order chi connectivity index (χ0) is 15.0. The minimum absolute atomic E-state index is 0. The molecule has 1 aliphatic heterocycles. The molecule has 1 saturated heterocycles. The number of nitrogens with zero attached hydrogens (tertiary/aromatic N) is 1. The number of likely N-dealkylation sites (N-methyl/N-ethyl adjacent to an activating group) is 1. The van der Waals surface area contributed by atoms with E-state index >= 15 is 0 Å². The summed E-state index contributed by atoms with van der Waals surface area (Å²) >= 11 is 6.15. The third kappa shape index (κ3) is 2.96. The van der Waals surface area contributed by atoms with Gasteiger partial charge in [-0.1, -0.05) is 23.7 Å². The second kappa shape index (κ2) is 6.90. The molecule has 4 nitrogen and oxygen atoms in total. The molecule has 1 aromatic carbocycles. The molecule has 0 bridgehead atoms. The predicted octanol–water partition coefficient (Wildman–Crippen LogP) is 3.64. The van der Waals surface area contributed by atoms with E-state index in [2.05, 4.69) is 5.32 Å². The minimum Gasteiger partial charge on any atom is -0.449 e. The SMILES string of the molecule is CNC1CCCN(C(=O)c2oc3c(Cl)cccc3c2C)C1.Cl. The van der Waals surface area contributed by atoms with Crippen molar-refractivity contribution < 1.29 is 9.21 Å². The Hall–Kier alpha value is -1.23. The molecule has 2 aromatic rings. The first kappa shape index (κ1) is 17.1. The molecule has 1 atom stereocenters.